The molecule has 4 nitrogen and oxygen atoms in total. The molecule has 0 saturated carbocycles. The number of fused-ring (bicyclic) bond motifs is 2. The zero-order valence-electron chi connectivity index (χ0n) is 15.6. The van der Waals surface area contributed by atoms with Crippen LogP contribution < -0.4 is 14.8 Å². The predicted octanol–water partition coefficient (Wildman–Crippen LogP) is 5.92. The molecule has 1 atom stereocenters. The first-order chi connectivity index (χ1) is 13.3. The molecule has 2 aromatic rings. The highest BCUT2D eigenvalue weighted by Crippen LogP contribution is 2.53. The summed E-state index contributed by atoms with van der Waals surface area (Å²) in [4.78, 5) is 13.2. The number of ketones is 1. The molecule has 2 aliphatic heterocycles. The van der Waals surface area contributed by atoms with Crippen molar-refractivity contribution in [3.05, 3.63) is 62.8 Å². The summed E-state index contributed by atoms with van der Waals surface area (Å²) in [6.45, 7) is 4.43. The standard InChI is InChI=1S/C22H19Cl2NO3/c1-22(2)8-15-20(16(26)9-22)19(11-4-3-5-13(23)21(11)24)12-6-17-18(28-10-27-17)7-14(12)25-15/h3-7,19,25H,8-10H2,1-2H3. The maximum Gasteiger partial charge on any atom is 0.231 e. The number of halogens is 2. The van der Waals surface area contributed by atoms with Crippen molar-refractivity contribution in [1.29, 1.82) is 0 Å². The van der Waals surface area contributed by atoms with Crippen LogP contribution in [0.3, 0.4) is 0 Å². The van der Waals surface area contributed by atoms with Gasteiger partial charge < -0.3 is 14.8 Å². The van der Waals surface area contributed by atoms with Crippen LogP contribution in [0.15, 0.2) is 41.6 Å². The van der Waals surface area contributed by atoms with Crippen molar-refractivity contribution in [1.82, 2.24) is 0 Å². The number of nitrogens with one attached hydrogen (secondary N) is 1. The summed E-state index contributed by atoms with van der Waals surface area (Å²) in [5.41, 5.74) is 4.31. The molecular formula is C22H19Cl2NO3. The molecule has 0 fully saturated rings. The Kier molecular flexibility index (Phi) is 3.94. The first kappa shape index (κ1) is 17.9. The molecule has 2 heterocycles. The van der Waals surface area contributed by atoms with E-state index in [1.165, 1.54) is 0 Å². The van der Waals surface area contributed by atoms with E-state index < -0.39 is 0 Å². The predicted molar refractivity (Wildman–Crippen MR) is 110 cm³/mol. The van der Waals surface area contributed by atoms with Crippen LogP contribution in [-0.4, -0.2) is 12.6 Å². The minimum absolute atomic E-state index is 0.0978. The fourth-order valence-corrected chi connectivity index (χ4v) is 4.89. The minimum Gasteiger partial charge on any atom is -0.454 e. The lowest BCUT2D eigenvalue weighted by atomic mass is 9.68. The van der Waals surface area contributed by atoms with Crippen LogP contribution in [-0.2, 0) is 4.79 Å². The average molecular weight is 416 g/mol. The smallest absolute Gasteiger partial charge is 0.231 e. The van der Waals surface area contributed by atoms with Gasteiger partial charge in [0.2, 0.25) is 6.79 Å². The van der Waals surface area contributed by atoms with Crippen molar-refractivity contribution in [2.75, 3.05) is 12.1 Å². The molecule has 1 unspecified atom stereocenters. The summed E-state index contributed by atoms with van der Waals surface area (Å²) >= 11 is 12.9. The molecule has 2 aromatic carbocycles. The third kappa shape index (κ3) is 2.70. The van der Waals surface area contributed by atoms with E-state index in [4.69, 9.17) is 32.7 Å². The molecule has 0 amide bonds. The lowest BCUT2D eigenvalue weighted by molar-refractivity contribution is -0.118. The number of carbonyl (C=O) groups excluding carboxylic acids is 1. The van der Waals surface area contributed by atoms with Crippen LogP contribution in [0.4, 0.5) is 5.69 Å². The molecule has 3 aliphatic rings. The SMILES string of the molecule is CC1(C)CC(=O)C2=C(C1)Nc1cc3c(cc1C2c1cccc(Cl)c1Cl)OCO3. The normalized spacial score (nSPS) is 21.9. The van der Waals surface area contributed by atoms with Gasteiger partial charge >= 0.3 is 0 Å². The van der Waals surface area contributed by atoms with Crippen LogP contribution in [0.25, 0.3) is 0 Å². The van der Waals surface area contributed by atoms with Gasteiger partial charge in [-0.15, -0.1) is 0 Å². The Morgan fingerprint density at radius 2 is 1.82 bits per heavy atom. The van der Waals surface area contributed by atoms with E-state index >= 15 is 0 Å². The van der Waals surface area contributed by atoms with Gasteiger partial charge in [0.05, 0.1) is 10.0 Å². The van der Waals surface area contributed by atoms with Crippen molar-refractivity contribution in [2.24, 2.45) is 5.41 Å². The van der Waals surface area contributed by atoms with Gasteiger partial charge in [-0.2, -0.15) is 0 Å². The van der Waals surface area contributed by atoms with Crippen LogP contribution in [0.5, 0.6) is 11.5 Å². The summed E-state index contributed by atoms with van der Waals surface area (Å²) in [5.74, 6) is 1.22. The monoisotopic (exact) mass is 415 g/mol. The second kappa shape index (κ2) is 6.16. The third-order valence-corrected chi connectivity index (χ3v) is 6.48. The average Bonchev–Trinajstić information content (AvgIpc) is 3.07. The minimum atomic E-state index is -0.296. The maximum atomic E-state index is 13.2. The topological polar surface area (TPSA) is 47.6 Å². The highest BCUT2D eigenvalue weighted by atomic mass is 35.5. The molecule has 28 heavy (non-hydrogen) atoms. The highest BCUT2D eigenvalue weighted by Gasteiger charge is 2.42. The van der Waals surface area contributed by atoms with Gasteiger partial charge in [0, 0.05) is 35.4 Å². The van der Waals surface area contributed by atoms with Crippen molar-refractivity contribution in [2.45, 2.75) is 32.6 Å². The molecule has 6 heteroatoms. The number of allylic oxidation sites excluding steroid dienone is 2. The van der Waals surface area contributed by atoms with E-state index in [2.05, 4.69) is 19.2 Å². The van der Waals surface area contributed by atoms with Gasteiger partial charge in [0.25, 0.3) is 0 Å². The Balaban J connectivity index is 1.77. The van der Waals surface area contributed by atoms with Gasteiger partial charge in [-0.1, -0.05) is 49.2 Å². The second-order valence-electron chi connectivity index (χ2n) is 8.33. The molecule has 5 rings (SSSR count). The number of anilines is 1. The Hall–Kier alpha value is -2.17. The second-order valence-corrected chi connectivity index (χ2v) is 9.11. The first-order valence-corrected chi connectivity index (χ1v) is 10.0. The Morgan fingerprint density at radius 3 is 2.61 bits per heavy atom. The molecule has 1 aliphatic carbocycles. The van der Waals surface area contributed by atoms with Crippen molar-refractivity contribution < 1.29 is 14.3 Å². The van der Waals surface area contributed by atoms with E-state index in [1.54, 1.807) is 6.07 Å². The van der Waals surface area contributed by atoms with E-state index in [9.17, 15) is 4.79 Å². The van der Waals surface area contributed by atoms with Gasteiger partial charge in [0.1, 0.15) is 0 Å². The van der Waals surface area contributed by atoms with Crippen LogP contribution in [0.1, 0.15) is 43.7 Å². The van der Waals surface area contributed by atoms with E-state index in [-0.39, 0.29) is 23.9 Å². The molecular weight excluding hydrogens is 397 g/mol. The van der Waals surface area contributed by atoms with E-state index in [0.29, 0.717) is 28.0 Å². The molecule has 1 N–H and O–H groups in total. The summed E-state index contributed by atoms with van der Waals surface area (Å²) < 4.78 is 11.1. The first-order valence-electron chi connectivity index (χ1n) is 9.25. The summed E-state index contributed by atoms with van der Waals surface area (Å²) in [7, 11) is 0. The molecule has 0 radical (unpaired) electrons. The van der Waals surface area contributed by atoms with Crippen LogP contribution >= 0.6 is 23.2 Å². The molecule has 0 bridgehead atoms. The Bertz CT molecular complexity index is 1060. The lowest BCUT2D eigenvalue weighted by Gasteiger charge is -2.39. The Labute approximate surface area is 173 Å². The van der Waals surface area contributed by atoms with Crippen LogP contribution in [0.2, 0.25) is 10.0 Å². The number of Topliss-reactive ketones (excluding diaryl/α,β-unsaturated/α-hetero) is 1. The maximum absolute atomic E-state index is 13.2. The van der Waals surface area contributed by atoms with Gasteiger partial charge in [0.15, 0.2) is 17.3 Å². The third-order valence-electron chi connectivity index (χ3n) is 5.64. The van der Waals surface area contributed by atoms with Crippen LogP contribution in [0, 0.1) is 5.41 Å². The number of hydrogen-bond acceptors (Lipinski definition) is 4. The fraction of sp³-hybridized carbons (Fsp3) is 0.318. The summed E-state index contributed by atoms with van der Waals surface area (Å²) in [6.07, 6.45) is 1.29. The number of hydrogen-bond donors (Lipinski definition) is 1. The number of ether oxygens (including phenoxy) is 2. The van der Waals surface area contributed by atoms with E-state index in [0.717, 1.165) is 34.5 Å². The zero-order valence-corrected chi connectivity index (χ0v) is 17.1. The lowest BCUT2D eigenvalue weighted by Crippen LogP contribution is -2.33. The molecule has 144 valence electrons. The molecule has 0 aromatic heterocycles. The van der Waals surface area contributed by atoms with E-state index in [1.807, 2.05) is 24.3 Å². The van der Waals surface area contributed by atoms with Gasteiger partial charge in [-0.25, -0.2) is 0 Å². The van der Waals surface area contributed by atoms with Gasteiger partial charge in [-0.3, -0.25) is 4.79 Å². The number of carbonyl (C=O) groups is 1. The molecule has 0 spiro atoms. The van der Waals surface area contributed by atoms with Crippen molar-refractivity contribution in [3.63, 3.8) is 0 Å². The highest BCUT2D eigenvalue weighted by molar-refractivity contribution is 6.42. The number of rotatable bonds is 1. The molecule has 0 saturated heterocycles. The van der Waals surface area contributed by atoms with Gasteiger partial charge in [-0.05, 0) is 35.1 Å². The van der Waals surface area contributed by atoms with Crippen molar-refractivity contribution in [3.8, 4) is 11.5 Å². The summed E-state index contributed by atoms with van der Waals surface area (Å²) in [6, 6.07) is 9.46. The zero-order chi connectivity index (χ0) is 19.6. The largest absolute Gasteiger partial charge is 0.454 e. The summed E-state index contributed by atoms with van der Waals surface area (Å²) in [5, 5.41) is 4.45. The number of benzene rings is 2. The quantitative estimate of drug-likeness (QED) is 0.627. The Morgan fingerprint density at radius 1 is 1.07 bits per heavy atom. The fourth-order valence-electron chi connectivity index (χ4n) is 4.47. The van der Waals surface area contributed by atoms with Crippen molar-refractivity contribution >= 4 is 34.7 Å².